The Hall–Kier alpha value is -2.91. The molecule has 10 heteroatoms. The Morgan fingerprint density at radius 1 is 1.26 bits per heavy atom. The molecule has 1 aromatic carbocycles. The average molecular weight is 387 g/mol. The van der Waals surface area contributed by atoms with Crippen LogP contribution >= 0.6 is 0 Å². The van der Waals surface area contributed by atoms with Gasteiger partial charge in [0.1, 0.15) is 17.5 Å². The van der Waals surface area contributed by atoms with E-state index in [2.05, 4.69) is 10.4 Å². The van der Waals surface area contributed by atoms with E-state index in [1.54, 1.807) is 13.8 Å². The first kappa shape index (κ1) is 20.4. The SMILES string of the molecule is CC(C)C[C@@H](NC(=O)c1cnn(-c2ccccc2F)c1C(F)(F)F)C(=O)O. The van der Waals surface area contributed by atoms with Gasteiger partial charge in [-0.3, -0.25) is 4.79 Å². The highest BCUT2D eigenvalue weighted by molar-refractivity contribution is 5.97. The first-order valence-electron chi connectivity index (χ1n) is 7.96. The fourth-order valence-corrected chi connectivity index (χ4v) is 2.52. The molecule has 0 aliphatic carbocycles. The molecule has 0 aliphatic heterocycles. The van der Waals surface area contributed by atoms with Gasteiger partial charge in [0.15, 0.2) is 5.69 Å². The number of carboxylic acids is 1. The van der Waals surface area contributed by atoms with Crippen LogP contribution in [0.15, 0.2) is 30.5 Å². The van der Waals surface area contributed by atoms with Crippen LogP contribution in [0.1, 0.15) is 36.3 Å². The van der Waals surface area contributed by atoms with Gasteiger partial charge in [-0.05, 0) is 24.5 Å². The standard InChI is InChI=1S/C17H17F4N3O3/c1-9(2)7-12(16(26)27)23-15(25)10-8-22-24(14(10)17(19,20)21)13-6-4-3-5-11(13)18/h3-6,8-9,12H,7H2,1-2H3,(H,23,25)(H,26,27)/t12-/m1/s1. The second-order valence-corrected chi connectivity index (χ2v) is 6.26. The van der Waals surface area contributed by atoms with Crippen LogP contribution in [-0.2, 0) is 11.0 Å². The Morgan fingerprint density at radius 3 is 2.41 bits per heavy atom. The number of amides is 1. The highest BCUT2D eigenvalue weighted by Gasteiger charge is 2.41. The number of benzene rings is 1. The summed E-state index contributed by atoms with van der Waals surface area (Å²) in [4.78, 5) is 23.6. The van der Waals surface area contributed by atoms with Crippen molar-refractivity contribution in [1.82, 2.24) is 15.1 Å². The number of alkyl halides is 3. The van der Waals surface area contributed by atoms with E-state index >= 15 is 0 Å². The summed E-state index contributed by atoms with van der Waals surface area (Å²) in [5.74, 6) is -3.69. The zero-order valence-electron chi connectivity index (χ0n) is 14.4. The number of carbonyl (C=O) groups excluding carboxylic acids is 1. The number of carboxylic acid groups (broad SMARTS) is 1. The zero-order valence-corrected chi connectivity index (χ0v) is 14.4. The van der Waals surface area contributed by atoms with Crippen LogP contribution in [0.25, 0.3) is 5.69 Å². The molecule has 0 saturated heterocycles. The van der Waals surface area contributed by atoms with E-state index in [-0.39, 0.29) is 17.0 Å². The van der Waals surface area contributed by atoms with Crippen molar-refractivity contribution in [3.05, 3.63) is 47.5 Å². The molecule has 0 bridgehead atoms. The monoisotopic (exact) mass is 387 g/mol. The summed E-state index contributed by atoms with van der Waals surface area (Å²) in [6.45, 7) is 3.42. The summed E-state index contributed by atoms with van der Waals surface area (Å²) >= 11 is 0. The number of aromatic nitrogens is 2. The van der Waals surface area contributed by atoms with E-state index in [1.165, 1.54) is 12.1 Å². The number of hydrogen-bond acceptors (Lipinski definition) is 3. The molecule has 2 rings (SSSR count). The molecule has 0 spiro atoms. The largest absolute Gasteiger partial charge is 0.480 e. The third kappa shape index (κ3) is 4.63. The number of aliphatic carboxylic acids is 1. The van der Waals surface area contributed by atoms with Crippen molar-refractivity contribution in [2.45, 2.75) is 32.5 Å². The minimum atomic E-state index is -5.03. The number of nitrogens with zero attached hydrogens (tertiary/aromatic N) is 2. The highest BCUT2D eigenvalue weighted by Crippen LogP contribution is 2.34. The molecule has 1 aromatic heterocycles. The number of carbonyl (C=O) groups is 2. The van der Waals surface area contributed by atoms with E-state index in [0.29, 0.717) is 6.20 Å². The Bertz CT molecular complexity index is 846. The molecule has 1 atom stereocenters. The quantitative estimate of drug-likeness (QED) is 0.746. The van der Waals surface area contributed by atoms with Crippen molar-refractivity contribution in [1.29, 1.82) is 0 Å². The molecule has 27 heavy (non-hydrogen) atoms. The summed E-state index contributed by atoms with van der Waals surface area (Å²) in [5, 5.41) is 14.7. The Kier molecular flexibility index (Phi) is 5.87. The average Bonchev–Trinajstić information content (AvgIpc) is 2.99. The predicted octanol–water partition coefficient (Wildman–Crippen LogP) is 3.26. The van der Waals surface area contributed by atoms with Crippen molar-refractivity contribution < 1.29 is 32.3 Å². The lowest BCUT2D eigenvalue weighted by Crippen LogP contribution is -2.42. The predicted molar refractivity (Wildman–Crippen MR) is 86.9 cm³/mol. The van der Waals surface area contributed by atoms with Crippen molar-refractivity contribution >= 4 is 11.9 Å². The molecule has 1 amide bonds. The van der Waals surface area contributed by atoms with Crippen LogP contribution in [0.5, 0.6) is 0 Å². The Balaban J connectivity index is 2.47. The van der Waals surface area contributed by atoms with Crippen molar-refractivity contribution in [2.75, 3.05) is 0 Å². The smallest absolute Gasteiger partial charge is 0.434 e. The minimum absolute atomic E-state index is 0.0316. The topological polar surface area (TPSA) is 84.2 Å². The highest BCUT2D eigenvalue weighted by atomic mass is 19.4. The summed E-state index contributed by atoms with van der Waals surface area (Å²) in [6.07, 6.45) is -4.36. The summed E-state index contributed by atoms with van der Waals surface area (Å²) < 4.78 is 54.8. The Labute approximate surface area is 151 Å². The van der Waals surface area contributed by atoms with Gasteiger partial charge in [0.2, 0.25) is 0 Å². The first-order chi connectivity index (χ1) is 12.5. The zero-order chi connectivity index (χ0) is 20.4. The van der Waals surface area contributed by atoms with E-state index < -0.39 is 46.9 Å². The number of hydrogen-bond donors (Lipinski definition) is 2. The maximum atomic E-state index is 13.9. The number of rotatable bonds is 6. The second kappa shape index (κ2) is 7.77. The van der Waals surface area contributed by atoms with Gasteiger partial charge in [-0.25, -0.2) is 13.9 Å². The van der Waals surface area contributed by atoms with E-state index in [9.17, 15) is 27.2 Å². The van der Waals surface area contributed by atoms with Gasteiger partial charge >= 0.3 is 12.1 Å². The van der Waals surface area contributed by atoms with Gasteiger partial charge in [0.05, 0.1) is 11.8 Å². The van der Waals surface area contributed by atoms with Gasteiger partial charge in [0.25, 0.3) is 5.91 Å². The van der Waals surface area contributed by atoms with Gasteiger partial charge in [-0.1, -0.05) is 26.0 Å². The number of halogens is 4. The molecular formula is C17H17F4N3O3. The molecule has 0 unspecified atom stereocenters. The molecule has 2 N–H and O–H groups in total. The van der Waals surface area contributed by atoms with E-state index in [4.69, 9.17) is 5.11 Å². The van der Waals surface area contributed by atoms with E-state index in [1.807, 2.05) is 0 Å². The van der Waals surface area contributed by atoms with Crippen LogP contribution in [0.3, 0.4) is 0 Å². The first-order valence-corrected chi connectivity index (χ1v) is 7.96. The van der Waals surface area contributed by atoms with Crippen LogP contribution in [-0.4, -0.2) is 32.8 Å². The number of para-hydroxylation sites is 1. The van der Waals surface area contributed by atoms with Crippen molar-refractivity contribution in [2.24, 2.45) is 5.92 Å². The van der Waals surface area contributed by atoms with Crippen LogP contribution < -0.4 is 5.32 Å². The van der Waals surface area contributed by atoms with Gasteiger partial charge in [-0.15, -0.1) is 0 Å². The third-order valence-electron chi connectivity index (χ3n) is 3.67. The molecule has 146 valence electrons. The minimum Gasteiger partial charge on any atom is -0.480 e. The summed E-state index contributed by atoms with van der Waals surface area (Å²) in [7, 11) is 0. The maximum absolute atomic E-state index is 13.9. The molecule has 1 heterocycles. The summed E-state index contributed by atoms with van der Waals surface area (Å²) in [6, 6.07) is 3.30. The lowest BCUT2D eigenvalue weighted by molar-refractivity contribution is -0.143. The molecule has 0 saturated carbocycles. The summed E-state index contributed by atoms with van der Waals surface area (Å²) in [5.41, 5.74) is -2.86. The van der Waals surface area contributed by atoms with E-state index in [0.717, 1.165) is 12.1 Å². The number of nitrogens with one attached hydrogen (secondary N) is 1. The van der Waals surface area contributed by atoms with Gasteiger partial charge in [-0.2, -0.15) is 18.3 Å². The second-order valence-electron chi connectivity index (χ2n) is 6.26. The molecular weight excluding hydrogens is 370 g/mol. The Morgan fingerprint density at radius 2 is 1.89 bits per heavy atom. The van der Waals surface area contributed by atoms with Gasteiger partial charge < -0.3 is 10.4 Å². The van der Waals surface area contributed by atoms with Crippen LogP contribution in [0, 0.1) is 11.7 Å². The lowest BCUT2D eigenvalue weighted by Gasteiger charge is -2.17. The lowest BCUT2D eigenvalue weighted by atomic mass is 10.0. The molecule has 6 nitrogen and oxygen atoms in total. The third-order valence-corrected chi connectivity index (χ3v) is 3.67. The van der Waals surface area contributed by atoms with Crippen molar-refractivity contribution in [3.63, 3.8) is 0 Å². The molecule has 0 fully saturated rings. The maximum Gasteiger partial charge on any atom is 0.434 e. The molecule has 2 aromatic rings. The fourth-order valence-electron chi connectivity index (χ4n) is 2.52. The van der Waals surface area contributed by atoms with Crippen molar-refractivity contribution in [3.8, 4) is 5.69 Å². The van der Waals surface area contributed by atoms with Gasteiger partial charge in [0, 0.05) is 0 Å². The normalized spacial score (nSPS) is 12.9. The molecule has 0 aliphatic rings. The molecule has 0 radical (unpaired) electrons. The van der Waals surface area contributed by atoms with Crippen LogP contribution in [0.2, 0.25) is 0 Å². The fraction of sp³-hybridized carbons (Fsp3) is 0.353. The van der Waals surface area contributed by atoms with Crippen LogP contribution in [0.4, 0.5) is 17.6 Å².